The molecule has 1 heterocycles. The van der Waals surface area contributed by atoms with E-state index in [2.05, 4.69) is 12.2 Å². The van der Waals surface area contributed by atoms with Gasteiger partial charge in [-0.15, -0.1) is 0 Å². The van der Waals surface area contributed by atoms with E-state index in [9.17, 15) is 9.59 Å². The first kappa shape index (κ1) is 14.4. The Labute approximate surface area is 107 Å². The van der Waals surface area contributed by atoms with E-state index in [1.54, 1.807) is 0 Å². The van der Waals surface area contributed by atoms with Gasteiger partial charge in [-0.25, -0.2) is 0 Å². The fraction of sp³-hybridized carbons (Fsp3) is 0.833. The van der Waals surface area contributed by atoms with Crippen LogP contribution in [0.1, 0.15) is 45.4 Å². The molecule has 1 rings (SSSR count). The van der Waals surface area contributed by atoms with Crippen LogP contribution < -0.4 is 5.32 Å². The van der Waals surface area contributed by atoms with Gasteiger partial charge in [-0.2, -0.15) is 11.8 Å². The van der Waals surface area contributed by atoms with Crippen molar-refractivity contribution in [3.05, 3.63) is 0 Å². The van der Waals surface area contributed by atoms with Gasteiger partial charge in [0.05, 0.1) is 0 Å². The van der Waals surface area contributed by atoms with Crippen molar-refractivity contribution in [1.82, 2.24) is 5.32 Å². The van der Waals surface area contributed by atoms with Gasteiger partial charge in [-0.3, -0.25) is 9.59 Å². The Hall–Kier alpha value is -0.710. The van der Waals surface area contributed by atoms with E-state index in [0.717, 1.165) is 13.0 Å². The molecule has 1 unspecified atom stereocenters. The van der Waals surface area contributed by atoms with Crippen LogP contribution in [0.2, 0.25) is 0 Å². The maximum absolute atomic E-state index is 11.5. The number of aliphatic carboxylic acids is 1. The average Bonchev–Trinajstić information content (AvgIpc) is 2.69. The lowest BCUT2D eigenvalue weighted by atomic mass is 10.1. The summed E-state index contributed by atoms with van der Waals surface area (Å²) in [6, 6.07) is 0. The lowest BCUT2D eigenvalue weighted by Gasteiger charge is -2.22. The number of carbonyl (C=O) groups is 2. The van der Waals surface area contributed by atoms with Gasteiger partial charge in [-0.05, 0) is 38.4 Å². The SMILES string of the molecule is CC1(CNC(=O)CCCCC(=O)O)CCCS1. The molecule has 1 aliphatic rings. The summed E-state index contributed by atoms with van der Waals surface area (Å²) in [5.74, 6) is 0.440. The third kappa shape index (κ3) is 5.96. The summed E-state index contributed by atoms with van der Waals surface area (Å²) >= 11 is 1.93. The molecule has 0 spiro atoms. The highest BCUT2D eigenvalue weighted by Gasteiger charge is 2.29. The molecule has 0 aliphatic carbocycles. The zero-order valence-corrected chi connectivity index (χ0v) is 11.1. The number of hydrogen-bond donors (Lipinski definition) is 2. The maximum Gasteiger partial charge on any atom is 0.303 e. The number of thioether (sulfide) groups is 1. The highest BCUT2D eigenvalue weighted by atomic mass is 32.2. The summed E-state index contributed by atoms with van der Waals surface area (Å²) in [6.07, 6.45) is 4.22. The molecule has 1 aliphatic heterocycles. The fourth-order valence-electron chi connectivity index (χ4n) is 1.91. The molecule has 1 atom stereocenters. The van der Waals surface area contributed by atoms with E-state index in [1.165, 1.54) is 12.2 Å². The summed E-state index contributed by atoms with van der Waals surface area (Å²) in [4.78, 5) is 21.8. The minimum Gasteiger partial charge on any atom is -0.481 e. The zero-order valence-electron chi connectivity index (χ0n) is 10.3. The number of hydrogen-bond acceptors (Lipinski definition) is 3. The molecule has 98 valence electrons. The van der Waals surface area contributed by atoms with Gasteiger partial charge in [0, 0.05) is 24.1 Å². The van der Waals surface area contributed by atoms with Gasteiger partial charge >= 0.3 is 5.97 Å². The number of carbonyl (C=O) groups excluding carboxylic acids is 1. The van der Waals surface area contributed by atoms with Crippen molar-refractivity contribution in [3.63, 3.8) is 0 Å². The largest absolute Gasteiger partial charge is 0.481 e. The number of rotatable bonds is 7. The van der Waals surface area contributed by atoms with Crippen LogP contribution in [0.5, 0.6) is 0 Å². The molecule has 2 N–H and O–H groups in total. The van der Waals surface area contributed by atoms with Crippen LogP contribution in [0.15, 0.2) is 0 Å². The summed E-state index contributed by atoms with van der Waals surface area (Å²) in [5.41, 5.74) is 0. The Morgan fingerprint density at radius 2 is 2.06 bits per heavy atom. The molecule has 0 bridgehead atoms. The zero-order chi connectivity index (χ0) is 12.7. The van der Waals surface area contributed by atoms with Crippen LogP contribution in [0.25, 0.3) is 0 Å². The van der Waals surface area contributed by atoms with E-state index in [-0.39, 0.29) is 17.1 Å². The van der Waals surface area contributed by atoms with E-state index in [4.69, 9.17) is 5.11 Å². The molecule has 0 aromatic carbocycles. The van der Waals surface area contributed by atoms with E-state index >= 15 is 0 Å². The van der Waals surface area contributed by atoms with Crippen LogP contribution in [0.4, 0.5) is 0 Å². The maximum atomic E-state index is 11.5. The highest BCUT2D eigenvalue weighted by molar-refractivity contribution is 8.00. The van der Waals surface area contributed by atoms with Crippen molar-refractivity contribution in [2.45, 2.75) is 50.2 Å². The topological polar surface area (TPSA) is 66.4 Å². The molecule has 0 aromatic heterocycles. The minimum atomic E-state index is -0.791. The van der Waals surface area contributed by atoms with Gasteiger partial charge in [0.1, 0.15) is 0 Å². The first-order chi connectivity index (χ1) is 8.02. The second-order valence-electron chi connectivity index (χ2n) is 4.78. The van der Waals surface area contributed by atoms with Crippen molar-refractivity contribution in [1.29, 1.82) is 0 Å². The Morgan fingerprint density at radius 1 is 1.35 bits per heavy atom. The molecule has 0 saturated carbocycles. The Kier molecular flexibility index (Phi) is 5.82. The lowest BCUT2D eigenvalue weighted by molar-refractivity contribution is -0.137. The minimum absolute atomic E-state index is 0.0455. The molecule has 0 aromatic rings. The van der Waals surface area contributed by atoms with Gasteiger partial charge in [0.25, 0.3) is 0 Å². The molecule has 1 fully saturated rings. The molecule has 1 saturated heterocycles. The molecular weight excluding hydrogens is 238 g/mol. The molecule has 0 radical (unpaired) electrons. The van der Waals surface area contributed by atoms with Crippen molar-refractivity contribution < 1.29 is 14.7 Å². The van der Waals surface area contributed by atoms with Gasteiger partial charge < -0.3 is 10.4 Å². The summed E-state index contributed by atoms with van der Waals surface area (Å²) < 4.78 is 0.205. The van der Waals surface area contributed by atoms with Crippen LogP contribution in [0.3, 0.4) is 0 Å². The summed E-state index contributed by atoms with van der Waals surface area (Å²) in [6.45, 7) is 2.92. The third-order valence-corrected chi connectivity index (χ3v) is 4.54. The van der Waals surface area contributed by atoms with Crippen LogP contribution in [-0.2, 0) is 9.59 Å². The van der Waals surface area contributed by atoms with Crippen LogP contribution >= 0.6 is 11.8 Å². The average molecular weight is 259 g/mol. The standard InChI is InChI=1S/C12H21NO3S/c1-12(7-4-8-17-12)9-13-10(14)5-2-3-6-11(15)16/h2-9H2,1H3,(H,13,14)(H,15,16). The van der Waals surface area contributed by atoms with Crippen molar-refractivity contribution in [2.24, 2.45) is 0 Å². The predicted molar refractivity (Wildman–Crippen MR) is 69.2 cm³/mol. The normalized spacial score (nSPS) is 23.6. The molecule has 5 heteroatoms. The van der Waals surface area contributed by atoms with Crippen molar-refractivity contribution in [3.8, 4) is 0 Å². The summed E-state index contributed by atoms with van der Waals surface area (Å²) in [7, 11) is 0. The quantitative estimate of drug-likeness (QED) is 0.687. The van der Waals surface area contributed by atoms with E-state index < -0.39 is 5.97 Å². The van der Waals surface area contributed by atoms with Crippen LogP contribution in [0, 0.1) is 0 Å². The Balaban J connectivity index is 2.06. The second kappa shape index (κ2) is 6.89. The van der Waals surface area contributed by atoms with Gasteiger partial charge in [0.2, 0.25) is 5.91 Å². The van der Waals surface area contributed by atoms with Crippen molar-refractivity contribution in [2.75, 3.05) is 12.3 Å². The third-order valence-electron chi connectivity index (χ3n) is 3.00. The van der Waals surface area contributed by atoms with Crippen LogP contribution in [-0.4, -0.2) is 34.0 Å². The van der Waals surface area contributed by atoms with Crippen molar-refractivity contribution >= 4 is 23.6 Å². The van der Waals surface area contributed by atoms with Gasteiger partial charge in [-0.1, -0.05) is 0 Å². The fourth-order valence-corrected chi connectivity index (χ4v) is 3.16. The Bertz CT molecular complexity index is 275. The lowest BCUT2D eigenvalue weighted by Crippen LogP contribution is -2.36. The summed E-state index contributed by atoms with van der Waals surface area (Å²) in [5, 5.41) is 11.4. The van der Waals surface area contributed by atoms with E-state index in [1.807, 2.05) is 11.8 Å². The predicted octanol–water partition coefficient (Wildman–Crippen LogP) is 2.03. The molecular formula is C12H21NO3S. The smallest absolute Gasteiger partial charge is 0.303 e. The molecule has 1 amide bonds. The highest BCUT2D eigenvalue weighted by Crippen LogP contribution is 2.36. The first-order valence-electron chi connectivity index (χ1n) is 6.14. The number of carboxylic acids is 1. The first-order valence-corrected chi connectivity index (χ1v) is 7.13. The van der Waals surface area contributed by atoms with Gasteiger partial charge in [0.15, 0.2) is 0 Å². The number of unbranched alkanes of at least 4 members (excludes halogenated alkanes) is 1. The number of nitrogens with one attached hydrogen (secondary N) is 1. The monoisotopic (exact) mass is 259 g/mol. The molecule has 17 heavy (non-hydrogen) atoms. The molecule has 4 nitrogen and oxygen atoms in total. The second-order valence-corrected chi connectivity index (χ2v) is 6.46. The number of amides is 1. The van der Waals surface area contributed by atoms with E-state index in [0.29, 0.717) is 19.3 Å². The number of carboxylic acid groups (broad SMARTS) is 1. The Morgan fingerprint density at radius 3 is 2.65 bits per heavy atom.